The summed E-state index contributed by atoms with van der Waals surface area (Å²) in [6.07, 6.45) is 4.64. The van der Waals surface area contributed by atoms with Gasteiger partial charge in [-0.25, -0.2) is 8.42 Å². The summed E-state index contributed by atoms with van der Waals surface area (Å²) >= 11 is 6.21. The average molecular weight is 451 g/mol. The van der Waals surface area contributed by atoms with Crippen molar-refractivity contribution in [2.75, 3.05) is 18.4 Å². The Kier molecular flexibility index (Phi) is 7.39. The van der Waals surface area contributed by atoms with Gasteiger partial charge in [-0.2, -0.15) is 4.31 Å². The zero-order valence-corrected chi connectivity index (χ0v) is 18.8. The number of amides is 1. The van der Waals surface area contributed by atoms with Gasteiger partial charge < -0.3 is 10.1 Å². The highest BCUT2D eigenvalue weighted by atomic mass is 35.5. The molecule has 0 atom stereocenters. The molecule has 0 unspecified atom stereocenters. The molecule has 6 nitrogen and oxygen atoms in total. The lowest BCUT2D eigenvalue weighted by atomic mass is 10.2. The van der Waals surface area contributed by atoms with E-state index in [-0.39, 0.29) is 21.6 Å². The Labute approximate surface area is 183 Å². The van der Waals surface area contributed by atoms with Gasteiger partial charge in [0.1, 0.15) is 5.75 Å². The molecule has 1 aliphatic rings. The summed E-state index contributed by atoms with van der Waals surface area (Å²) in [5, 5.41) is 2.97. The van der Waals surface area contributed by atoms with E-state index in [1.54, 1.807) is 26.0 Å². The number of nitrogens with one attached hydrogen (secondary N) is 1. The molecule has 2 aromatic rings. The molecule has 0 spiro atoms. The predicted octanol–water partition coefficient (Wildman–Crippen LogP) is 4.94. The molecule has 30 heavy (non-hydrogen) atoms. The minimum absolute atomic E-state index is 0.0408. The summed E-state index contributed by atoms with van der Waals surface area (Å²) in [4.78, 5) is 12.9. The number of benzene rings is 2. The minimum Gasteiger partial charge on any atom is -0.490 e. The highest BCUT2D eigenvalue weighted by Crippen LogP contribution is 2.27. The highest BCUT2D eigenvalue weighted by Gasteiger charge is 2.24. The summed E-state index contributed by atoms with van der Waals surface area (Å²) in [5.41, 5.74) is 0.663. The van der Waals surface area contributed by atoms with E-state index in [1.165, 1.54) is 35.3 Å². The monoisotopic (exact) mass is 450 g/mol. The van der Waals surface area contributed by atoms with Gasteiger partial charge in [-0.15, -0.1) is 0 Å². The molecule has 162 valence electrons. The Bertz CT molecular complexity index is 1000. The Morgan fingerprint density at radius 2 is 1.83 bits per heavy atom. The largest absolute Gasteiger partial charge is 0.490 e. The number of ether oxygens (including phenoxy) is 1. The number of carbonyl (C=O) groups is 1. The third-order valence-electron chi connectivity index (χ3n) is 5.22. The van der Waals surface area contributed by atoms with Gasteiger partial charge in [0.25, 0.3) is 5.91 Å². The van der Waals surface area contributed by atoms with Gasteiger partial charge in [-0.1, -0.05) is 31.5 Å². The fourth-order valence-electron chi connectivity index (χ4n) is 3.60. The Morgan fingerprint density at radius 1 is 1.13 bits per heavy atom. The molecular formula is C22H27ClN2O4S. The molecule has 1 N–H and O–H groups in total. The number of rotatable bonds is 8. The summed E-state index contributed by atoms with van der Waals surface area (Å²) in [5.74, 6) is 0.221. The molecule has 1 aliphatic carbocycles. The molecule has 0 radical (unpaired) electrons. The lowest BCUT2D eigenvalue weighted by Gasteiger charge is -2.19. The summed E-state index contributed by atoms with van der Waals surface area (Å²) in [7, 11) is -3.69. The van der Waals surface area contributed by atoms with Crippen LogP contribution in [0.1, 0.15) is 49.9 Å². The van der Waals surface area contributed by atoms with Crippen molar-refractivity contribution in [2.45, 2.75) is 50.5 Å². The van der Waals surface area contributed by atoms with Crippen LogP contribution < -0.4 is 10.1 Å². The van der Waals surface area contributed by atoms with Crippen molar-refractivity contribution >= 4 is 33.2 Å². The third kappa shape index (κ3) is 5.14. The second-order valence-corrected chi connectivity index (χ2v) is 9.58. The molecule has 0 aromatic heterocycles. The molecule has 3 rings (SSSR count). The maximum absolute atomic E-state index is 12.8. The van der Waals surface area contributed by atoms with E-state index < -0.39 is 15.9 Å². The summed E-state index contributed by atoms with van der Waals surface area (Å²) < 4.78 is 32.9. The van der Waals surface area contributed by atoms with Gasteiger partial charge >= 0.3 is 0 Å². The van der Waals surface area contributed by atoms with Crippen molar-refractivity contribution in [3.63, 3.8) is 0 Å². The molecule has 0 saturated heterocycles. The zero-order valence-electron chi connectivity index (χ0n) is 17.2. The van der Waals surface area contributed by atoms with Gasteiger partial charge in [0.2, 0.25) is 10.0 Å². The number of carbonyl (C=O) groups excluding carboxylic acids is 1. The maximum atomic E-state index is 12.8. The number of hydrogen-bond donors (Lipinski definition) is 1. The minimum atomic E-state index is -3.69. The highest BCUT2D eigenvalue weighted by molar-refractivity contribution is 7.89. The van der Waals surface area contributed by atoms with Crippen molar-refractivity contribution in [1.82, 2.24) is 4.31 Å². The smallest absolute Gasteiger partial charge is 0.257 e. The zero-order chi connectivity index (χ0) is 21.7. The van der Waals surface area contributed by atoms with Crippen LogP contribution in [0.3, 0.4) is 0 Å². The third-order valence-corrected chi connectivity index (χ3v) is 7.60. The first-order valence-electron chi connectivity index (χ1n) is 10.2. The van der Waals surface area contributed by atoms with E-state index in [4.69, 9.17) is 16.3 Å². The number of halogens is 1. The van der Waals surface area contributed by atoms with Crippen molar-refractivity contribution in [3.05, 3.63) is 53.1 Å². The molecule has 1 saturated carbocycles. The standard InChI is InChI=1S/C22H27ClN2O4S/c1-3-25(4-2)30(27,28)19-12-13-21(23)20(15-19)22(26)24-16-8-7-11-18(14-16)29-17-9-5-6-10-17/h7-8,11-15,17H,3-6,9-10H2,1-2H3,(H,24,26). The quantitative estimate of drug-likeness (QED) is 0.617. The predicted molar refractivity (Wildman–Crippen MR) is 119 cm³/mol. The first-order valence-corrected chi connectivity index (χ1v) is 12.0. The van der Waals surface area contributed by atoms with Crippen LogP contribution in [-0.2, 0) is 10.0 Å². The van der Waals surface area contributed by atoms with Gasteiger partial charge in [-0.05, 0) is 56.0 Å². The van der Waals surface area contributed by atoms with Crippen molar-refractivity contribution in [2.24, 2.45) is 0 Å². The van der Waals surface area contributed by atoms with Gasteiger partial charge in [0.05, 0.1) is 21.6 Å². The summed E-state index contributed by atoms with van der Waals surface area (Å²) in [6.45, 7) is 4.23. The molecule has 0 aliphatic heterocycles. The van der Waals surface area contributed by atoms with E-state index >= 15 is 0 Å². The van der Waals surface area contributed by atoms with Crippen LogP contribution in [0.5, 0.6) is 5.75 Å². The first kappa shape index (κ1) is 22.6. The Morgan fingerprint density at radius 3 is 2.50 bits per heavy atom. The molecule has 1 amide bonds. The topological polar surface area (TPSA) is 75.7 Å². The van der Waals surface area contributed by atoms with Gasteiger partial charge in [-0.3, -0.25) is 4.79 Å². The van der Waals surface area contributed by atoms with E-state index in [1.807, 2.05) is 12.1 Å². The first-order chi connectivity index (χ1) is 14.3. The number of sulfonamides is 1. The number of anilines is 1. The Hall–Kier alpha value is -2.09. The van der Waals surface area contributed by atoms with E-state index in [0.29, 0.717) is 24.5 Å². The maximum Gasteiger partial charge on any atom is 0.257 e. The molecule has 0 bridgehead atoms. The van der Waals surface area contributed by atoms with Gasteiger partial charge in [0.15, 0.2) is 0 Å². The van der Waals surface area contributed by atoms with Crippen LogP contribution in [0.15, 0.2) is 47.4 Å². The summed E-state index contributed by atoms with van der Waals surface area (Å²) in [6, 6.07) is 11.4. The number of hydrogen-bond acceptors (Lipinski definition) is 4. The average Bonchev–Trinajstić information content (AvgIpc) is 3.22. The van der Waals surface area contributed by atoms with Crippen LogP contribution in [0.25, 0.3) is 0 Å². The van der Waals surface area contributed by atoms with Crippen LogP contribution in [0, 0.1) is 0 Å². The van der Waals surface area contributed by atoms with Crippen LogP contribution in [-0.4, -0.2) is 37.8 Å². The van der Waals surface area contributed by atoms with Gasteiger partial charge in [0, 0.05) is 24.8 Å². The van der Waals surface area contributed by atoms with E-state index in [0.717, 1.165) is 12.8 Å². The molecule has 2 aromatic carbocycles. The SMILES string of the molecule is CCN(CC)S(=O)(=O)c1ccc(Cl)c(C(=O)Nc2cccc(OC3CCCC3)c2)c1. The molecule has 8 heteroatoms. The fourth-order valence-corrected chi connectivity index (χ4v) is 5.28. The molecule has 0 heterocycles. The van der Waals surface area contributed by atoms with Crippen LogP contribution >= 0.6 is 11.6 Å². The fraction of sp³-hybridized carbons (Fsp3) is 0.409. The van der Waals surface area contributed by atoms with Crippen molar-refractivity contribution < 1.29 is 17.9 Å². The van der Waals surface area contributed by atoms with Crippen molar-refractivity contribution in [3.8, 4) is 5.75 Å². The normalized spacial score (nSPS) is 14.8. The van der Waals surface area contributed by atoms with Crippen LogP contribution in [0.4, 0.5) is 5.69 Å². The lowest BCUT2D eigenvalue weighted by Crippen LogP contribution is -2.30. The second-order valence-electron chi connectivity index (χ2n) is 7.24. The second kappa shape index (κ2) is 9.81. The lowest BCUT2D eigenvalue weighted by molar-refractivity contribution is 0.102. The van der Waals surface area contributed by atoms with Crippen molar-refractivity contribution in [1.29, 1.82) is 0 Å². The van der Waals surface area contributed by atoms with Crippen LogP contribution in [0.2, 0.25) is 5.02 Å². The molecule has 1 fully saturated rings. The Balaban J connectivity index is 1.80. The molecular weight excluding hydrogens is 424 g/mol. The van der Waals surface area contributed by atoms with E-state index in [2.05, 4.69) is 5.32 Å². The number of nitrogens with zero attached hydrogens (tertiary/aromatic N) is 1. The van der Waals surface area contributed by atoms with E-state index in [9.17, 15) is 13.2 Å².